The van der Waals surface area contributed by atoms with Crippen LogP contribution < -0.4 is 9.47 Å². The van der Waals surface area contributed by atoms with Crippen LogP contribution in [0.2, 0.25) is 0 Å². The number of hydrogen-bond donors (Lipinski definition) is 0. The number of tetrazole rings is 1. The average Bonchev–Trinajstić information content (AvgIpc) is 2.89. The van der Waals surface area contributed by atoms with Crippen LogP contribution in [0, 0.1) is 0 Å². The molecule has 2 heterocycles. The van der Waals surface area contributed by atoms with Crippen molar-refractivity contribution >= 4 is 5.65 Å². The fraction of sp³-hybridized carbons (Fsp3) is 0.167. The monoisotopic (exact) mass is 257 g/mol. The van der Waals surface area contributed by atoms with E-state index in [1.165, 1.54) is 4.63 Å². The van der Waals surface area contributed by atoms with Crippen LogP contribution in [-0.2, 0) is 0 Å². The lowest BCUT2D eigenvalue weighted by Crippen LogP contribution is -1.97. The first-order valence-electron chi connectivity index (χ1n) is 5.81. The van der Waals surface area contributed by atoms with E-state index < -0.39 is 0 Å². The Balaban J connectivity index is 1.79. The standard InChI is InChI=1S/C12H11N5O2/c1-2-18-9-3-5-10(6-4-9)19-12-8-7-11-13-15-16-17(11)14-12/h3-8H,2H2,1H3. The van der Waals surface area contributed by atoms with Crippen molar-refractivity contribution in [3.8, 4) is 17.4 Å². The van der Waals surface area contributed by atoms with E-state index in [9.17, 15) is 0 Å². The van der Waals surface area contributed by atoms with Crippen LogP contribution in [0.5, 0.6) is 17.4 Å². The molecule has 0 aliphatic rings. The van der Waals surface area contributed by atoms with Gasteiger partial charge in [-0.1, -0.05) is 0 Å². The van der Waals surface area contributed by atoms with E-state index in [0.717, 1.165) is 5.75 Å². The van der Waals surface area contributed by atoms with Crippen LogP contribution in [0.1, 0.15) is 6.92 Å². The van der Waals surface area contributed by atoms with Crippen LogP contribution in [0.4, 0.5) is 0 Å². The van der Waals surface area contributed by atoms with E-state index in [4.69, 9.17) is 9.47 Å². The Bertz CT molecular complexity index is 680. The van der Waals surface area contributed by atoms with Crippen molar-refractivity contribution in [2.45, 2.75) is 6.92 Å². The summed E-state index contributed by atoms with van der Waals surface area (Å²) in [6.07, 6.45) is 0. The molecule has 96 valence electrons. The highest BCUT2D eigenvalue weighted by atomic mass is 16.5. The molecule has 7 nitrogen and oxygen atoms in total. The third kappa shape index (κ3) is 2.44. The molecule has 0 aliphatic carbocycles. The summed E-state index contributed by atoms with van der Waals surface area (Å²) in [5.74, 6) is 1.89. The Morgan fingerprint density at radius 2 is 1.84 bits per heavy atom. The Kier molecular flexibility index (Phi) is 2.93. The van der Waals surface area contributed by atoms with Crippen LogP contribution in [0.25, 0.3) is 5.65 Å². The molecule has 0 bridgehead atoms. The Labute approximate surface area is 108 Å². The molecule has 0 unspecified atom stereocenters. The lowest BCUT2D eigenvalue weighted by Gasteiger charge is -2.06. The summed E-state index contributed by atoms with van der Waals surface area (Å²) in [7, 11) is 0. The summed E-state index contributed by atoms with van der Waals surface area (Å²) in [6, 6.07) is 10.8. The lowest BCUT2D eigenvalue weighted by atomic mass is 10.3. The molecular formula is C12H11N5O2. The largest absolute Gasteiger partial charge is 0.494 e. The highest BCUT2D eigenvalue weighted by molar-refractivity contribution is 5.37. The van der Waals surface area contributed by atoms with Gasteiger partial charge in [-0.05, 0) is 47.7 Å². The number of hydrogen-bond acceptors (Lipinski definition) is 6. The molecule has 2 aromatic heterocycles. The van der Waals surface area contributed by atoms with Gasteiger partial charge in [-0.2, -0.15) is 0 Å². The van der Waals surface area contributed by atoms with E-state index in [-0.39, 0.29) is 0 Å². The van der Waals surface area contributed by atoms with E-state index in [1.807, 2.05) is 31.2 Å². The lowest BCUT2D eigenvalue weighted by molar-refractivity contribution is 0.339. The third-order valence-electron chi connectivity index (χ3n) is 2.40. The molecule has 0 N–H and O–H groups in total. The number of rotatable bonds is 4. The molecule has 0 fully saturated rings. The second-order valence-corrected chi connectivity index (χ2v) is 3.70. The van der Waals surface area contributed by atoms with Gasteiger partial charge in [0.25, 0.3) is 0 Å². The van der Waals surface area contributed by atoms with Crippen LogP contribution in [0.15, 0.2) is 36.4 Å². The smallest absolute Gasteiger partial charge is 0.239 e. The molecular weight excluding hydrogens is 246 g/mol. The zero-order valence-corrected chi connectivity index (χ0v) is 10.2. The molecule has 0 radical (unpaired) electrons. The highest BCUT2D eigenvalue weighted by Gasteiger charge is 2.03. The van der Waals surface area contributed by atoms with Crippen LogP contribution in [-0.4, -0.2) is 31.9 Å². The van der Waals surface area contributed by atoms with Crippen molar-refractivity contribution in [1.29, 1.82) is 0 Å². The van der Waals surface area contributed by atoms with Gasteiger partial charge < -0.3 is 9.47 Å². The molecule has 1 aromatic carbocycles. The maximum Gasteiger partial charge on any atom is 0.239 e. The van der Waals surface area contributed by atoms with Gasteiger partial charge in [0, 0.05) is 6.07 Å². The van der Waals surface area contributed by atoms with Crippen LogP contribution in [0.3, 0.4) is 0 Å². The van der Waals surface area contributed by atoms with E-state index in [1.54, 1.807) is 12.1 Å². The molecule has 3 rings (SSSR count). The molecule has 0 saturated heterocycles. The minimum atomic E-state index is 0.420. The fourth-order valence-electron chi connectivity index (χ4n) is 1.58. The third-order valence-corrected chi connectivity index (χ3v) is 2.40. The number of aromatic nitrogens is 5. The summed E-state index contributed by atoms with van der Waals surface area (Å²) in [5, 5.41) is 15.1. The SMILES string of the molecule is CCOc1ccc(Oc2ccc3nnnn3n2)cc1. The quantitative estimate of drug-likeness (QED) is 0.708. The van der Waals surface area contributed by atoms with E-state index in [0.29, 0.717) is 23.9 Å². The Morgan fingerprint density at radius 1 is 1.05 bits per heavy atom. The fourth-order valence-corrected chi connectivity index (χ4v) is 1.58. The summed E-state index contributed by atoms with van der Waals surface area (Å²) in [4.78, 5) is 0. The summed E-state index contributed by atoms with van der Waals surface area (Å²) >= 11 is 0. The predicted octanol–water partition coefficient (Wildman–Crippen LogP) is 1.71. The molecule has 0 spiro atoms. The van der Waals surface area contributed by atoms with Crippen molar-refractivity contribution in [2.24, 2.45) is 0 Å². The maximum absolute atomic E-state index is 5.61. The first-order chi connectivity index (χ1) is 9.35. The Morgan fingerprint density at radius 3 is 2.63 bits per heavy atom. The molecule has 0 atom stereocenters. The minimum absolute atomic E-state index is 0.420. The first kappa shape index (κ1) is 11.4. The van der Waals surface area contributed by atoms with Gasteiger partial charge >= 0.3 is 0 Å². The zero-order chi connectivity index (χ0) is 13.1. The molecule has 19 heavy (non-hydrogen) atoms. The van der Waals surface area contributed by atoms with E-state index in [2.05, 4.69) is 20.6 Å². The van der Waals surface area contributed by atoms with Gasteiger partial charge in [0.15, 0.2) is 5.65 Å². The number of benzene rings is 1. The van der Waals surface area contributed by atoms with Crippen molar-refractivity contribution < 1.29 is 9.47 Å². The van der Waals surface area contributed by atoms with Crippen molar-refractivity contribution in [3.05, 3.63) is 36.4 Å². The second-order valence-electron chi connectivity index (χ2n) is 3.70. The number of fused-ring (bicyclic) bond motifs is 1. The zero-order valence-electron chi connectivity index (χ0n) is 10.2. The Hall–Kier alpha value is -2.70. The summed E-state index contributed by atoms with van der Waals surface area (Å²) in [6.45, 7) is 2.58. The minimum Gasteiger partial charge on any atom is -0.494 e. The molecule has 0 aliphatic heterocycles. The molecule has 7 heteroatoms. The molecule has 0 saturated carbocycles. The number of ether oxygens (including phenoxy) is 2. The number of nitrogens with zero attached hydrogens (tertiary/aromatic N) is 5. The highest BCUT2D eigenvalue weighted by Crippen LogP contribution is 2.22. The van der Waals surface area contributed by atoms with Crippen LogP contribution >= 0.6 is 0 Å². The summed E-state index contributed by atoms with van der Waals surface area (Å²) < 4.78 is 12.3. The molecule has 0 amide bonds. The van der Waals surface area contributed by atoms with Crippen molar-refractivity contribution in [3.63, 3.8) is 0 Å². The normalized spacial score (nSPS) is 10.6. The van der Waals surface area contributed by atoms with Crippen molar-refractivity contribution in [1.82, 2.24) is 25.3 Å². The van der Waals surface area contributed by atoms with Gasteiger partial charge in [0.1, 0.15) is 11.5 Å². The van der Waals surface area contributed by atoms with Crippen molar-refractivity contribution in [2.75, 3.05) is 6.61 Å². The van der Waals surface area contributed by atoms with Gasteiger partial charge in [-0.25, -0.2) is 0 Å². The second kappa shape index (κ2) is 4.89. The van der Waals surface area contributed by atoms with E-state index >= 15 is 0 Å². The predicted molar refractivity (Wildman–Crippen MR) is 66.3 cm³/mol. The van der Waals surface area contributed by atoms with Gasteiger partial charge in [0.2, 0.25) is 5.88 Å². The van der Waals surface area contributed by atoms with Gasteiger partial charge in [-0.3, -0.25) is 0 Å². The topological polar surface area (TPSA) is 74.4 Å². The van der Waals surface area contributed by atoms with Gasteiger partial charge in [-0.15, -0.1) is 14.8 Å². The first-order valence-corrected chi connectivity index (χ1v) is 5.81. The molecule has 3 aromatic rings. The van der Waals surface area contributed by atoms with Gasteiger partial charge in [0.05, 0.1) is 6.61 Å². The average molecular weight is 257 g/mol. The summed E-state index contributed by atoms with van der Waals surface area (Å²) in [5.41, 5.74) is 0.569. The maximum atomic E-state index is 5.61.